The second kappa shape index (κ2) is 5.54. The van der Waals surface area contributed by atoms with Gasteiger partial charge in [-0.25, -0.2) is 9.37 Å². The lowest BCUT2D eigenvalue weighted by Crippen LogP contribution is -2.47. The molecule has 114 valence electrons. The van der Waals surface area contributed by atoms with Crippen molar-refractivity contribution in [2.75, 3.05) is 31.1 Å². The molecule has 0 atom stereocenters. The van der Waals surface area contributed by atoms with Crippen molar-refractivity contribution in [3.63, 3.8) is 0 Å². The van der Waals surface area contributed by atoms with Gasteiger partial charge in [-0.1, -0.05) is 0 Å². The van der Waals surface area contributed by atoms with Gasteiger partial charge in [-0.2, -0.15) is 0 Å². The Hall–Kier alpha value is -1.20. The van der Waals surface area contributed by atoms with Crippen LogP contribution >= 0.6 is 0 Å². The van der Waals surface area contributed by atoms with Crippen molar-refractivity contribution < 1.29 is 4.39 Å². The summed E-state index contributed by atoms with van der Waals surface area (Å²) >= 11 is 0. The van der Waals surface area contributed by atoms with Crippen LogP contribution in [-0.4, -0.2) is 48.1 Å². The molecule has 5 heteroatoms. The topological polar surface area (TPSA) is 31.4 Å². The highest BCUT2D eigenvalue weighted by Crippen LogP contribution is 2.29. The lowest BCUT2D eigenvalue weighted by molar-refractivity contribution is 0.247. The zero-order chi connectivity index (χ0) is 14.2. The summed E-state index contributed by atoms with van der Waals surface area (Å²) in [6.45, 7) is 4.47. The summed E-state index contributed by atoms with van der Waals surface area (Å²) in [5.74, 6) is 0.408. The molecule has 2 saturated carbocycles. The largest absolute Gasteiger partial charge is 0.352 e. The minimum atomic E-state index is -0.134. The van der Waals surface area contributed by atoms with E-state index in [4.69, 9.17) is 0 Å². The average Bonchev–Trinajstić information content (AvgIpc) is 3.40. The Kier molecular flexibility index (Phi) is 3.55. The van der Waals surface area contributed by atoms with E-state index in [0.717, 1.165) is 37.8 Å². The molecule has 21 heavy (non-hydrogen) atoms. The highest BCUT2D eigenvalue weighted by Gasteiger charge is 2.32. The maximum Gasteiger partial charge on any atom is 0.170 e. The van der Waals surface area contributed by atoms with Crippen LogP contribution in [0.3, 0.4) is 0 Å². The molecule has 4 rings (SSSR count). The Morgan fingerprint density at radius 3 is 2.57 bits per heavy atom. The molecule has 0 radical (unpaired) electrons. The molecular weight excluding hydrogens is 267 g/mol. The second-order valence-corrected chi connectivity index (χ2v) is 6.52. The molecule has 0 bridgehead atoms. The Labute approximate surface area is 125 Å². The Balaban J connectivity index is 1.42. The van der Waals surface area contributed by atoms with E-state index < -0.39 is 0 Å². The predicted molar refractivity (Wildman–Crippen MR) is 80.9 cm³/mol. The molecule has 3 aliphatic rings. The van der Waals surface area contributed by atoms with Crippen LogP contribution in [0.2, 0.25) is 0 Å². The Morgan fingerprint density at radius 2 is 1.90 bits per heavy atom. The standard InChI is InChI=1S/C16H23FN4/c17-15-12(11-19-13-1-2-13)5-6-18-16(15)21-9-7-20(8-10-21)14-3-4-14/h5-6,13-14,19H,1-4,7-11H2. The summed E-state index contributed by atoms with van der Waals surface area (Å²) in [4.78, 5) is 8.94. The minimum Gasteiger partial charge on any atom is -0.352 e. The summed E-state index contributed by atoms with van der Waals surface area (Å²) in [7, 11) is 0. The number of hydrogen-bond donors (Lipinski definition) is 1. The molecular formula is C16H23FN4. The van der Waals surface area contributed by atoms with E-state index in [1.54, 1.807) is 12.3 Å². The summed E-state index contributed by atoms with van der Waals surface area (Å²) in [5, 5.41) is 3.38. The number of nitrogens with zero attached hydrogens (tertiary/aromatic N) is 3. The molecule has 2 heterocycles. The average molecular weight is 290 g/mol. The fourth-order valence-electron chi connectivity index (χ4n) is 3.11. The summed E-state index contributed by atoms with van der Waals surface area (Å²) in [6.07, 6.45) is 6.88. The van der Waals surface area contributed by atoms with E-state index in [2.05, 4.69) is 20.1 Å². The SMILES string of the molecule is Fc1c(CNC2CC2)ccnc1N1CCN(C2CC2)CC1. The van der Waals surface area contributed by atoms with Gasteiger partial charge < -0.3 is 10.2 Å². The van der Waals surface area contributed by atoms with E-state index in [1.807, 2.05) is 0 Å². The molecule has 1 aromatic heterocycles. The maximum atomic E-state index is 14.6. The number of rotatable bonds is 5. The summed E-state index contributed by atoms with van der Waals surface area (Å²) < 4.78 is 14.6. The van der Waals surface area contributed by atoms with E-state index in [1.165, 1.54) is 25.7 Å². The highest BCUT2D eigenvalue weighted by molar-refractivity contribution is 5.43. The van der Waals surface area contributed by atoms with Crippen LogP contribution in [0.1, 0.15) is 31.2 Å². The first-order valence-electron chi connectivity index (χ1n) is 8.17. The van der Waals surface area contributed by atoms with Gasteiger partial charge in [-0.05, 0) is 31.7 Å². The van der Waals surface area contributed by atoms with Gasteiger partial charge in [0, 0.05) is 56.6 Å². The van der Waals surface area contributed by atoms with E-state index in [9.17, 15) is 4.39 Å². The lowest BCUT2D eigenvalue weighted by Gasteiger charge is -2.35. The normalized spacial score (nSPS) is 23.6. The molecule has 1 aliphatic heterocycles. The van der Waals surface area contributed by atoms with Crippen molar-refractivity contribution in [2.45, 2.75) is 44.3 Å². The lowest BCUT2D eigenvalue weighted by atomic mass is 10.2. The third-order valence-corrected chi connectivity index (χ3v) is 4.79. The molecule has 4 nitrogen and oxygen atoms in total. The number of hydrogen-bond acceptors (Lipinski definition) is 4. The maximum absolute atomic E-state index is 14.6. The molecule has 0 spiro atoms. The molecule has 1 aromatic rings. The molecule has 1 saturated heterocycles. The fourth-order valence-corrected chi connectivity index (χ4v) is 3.11. The van der Waals surface area contributed by atoms with Gasteiger partial charge in [0.05, 0.1) is 0 Å². The van der Waals surface area contributed by atoms with Gasteiger partial charge >= 0.3 is 0 Å². The first-order chi connectivity index (χ1) is 10.3. The van der Waals surface area contributed by atoms with Crippen molar-refractivity contribution in [3.8, 4) is 0 Å². The molecule has 2 aliphatic carbocycles. The fraction of sp³-hybridized carbons (Fsp3) is 0.688. The smallest absolute Gasteiger partial charge is 0.170 e. The minimum absolute atomic E-state index is 0.134. The van der Waals surface area contributed by atoms with Crippen LogP contribution in [0.15, 0.2) is 12.3 Å². The van der Waals surface area contributed by atoms with Crippen molar-refractivity contribution in [2.24, 2.45) is 0 Å². The number of anilines is 1. The third-order valence-electron chi connectivity index (χ3n) is 4.79. The van der Waals surface area contributed by atoms with Crippen LogP contribution in [0.25, 0.3) is 0 Å². The first kappa shape index (κ1) is 13.5. The third kappa shape index (κ3) is 3.04. The van der Waals surface area contributed by atoms with Crippen LogP contribution in [0.4, 0.5) is 10.2 Å². The molecule has 1 N–H and O–H groups in total. The number of halogens is 1. The number of piperazine rings is 1. The summed E-state index contributed by atoms with van der Waals surface area (Å²) in [6, 6.07) is 3.21. The van der Waals surface area contributed by atoms with E-state index in [0.29, 0.717) is 18.4 Å². The Morgan fingerprint density at radius 1 is 1.14 bits per heavy atom. The number of nitrogens with one attached hydrogen (secondary N) is 1. The molecule has 0 amide bonds. The van der Waals surface area contributed by atoms with Crippen molar-refractivity contribution >= 4 is 5.82 Å². The van der Waals surface area contributed by atoms with Gasteiger partial charge in [0.2, 0.25) is 0 Å². The molecule has 3 fully saturated rings. The van der Waals surface area contributed by atoms with E-state index >= 15 is 0 Å². The quantitative estimate of drug-likeness (QED) is 0.895. The summed E-state index contributed by atoms with van der Waals surface area (Å²) in [5.41, 5.74) is 0.747. The monoisotopic (exact) mass is 290 g/mol. The zero-order valence-corrected chi connectivity index (χ0v) is 12.4. The van der Waals surface area contributed by atoms with Gasteiger partial charge in [0.15, 0.2) is 11.6 Å². The Bertz CT molecular complexity index is 505. The number of pyridine rings is 1. The second-order valence-electron chi connectivity index (χ2n) is 6.52. The number of aromatic nitrogens is 1. The van der Waals surface area contributed by atoms with Crippen molar-refractivity contribution in [1.29, 1.82) is 0 Å². The van der Waals surface area contributed by atoms with Crippen LogP contribution in [0, 0.1) is 5.82 Å². The van der Waals surface area contributed by atoms with Gasteiger partial charge in [-0.15, -0.1) is 0 Å². The molecule has 0 aromatic carbocycles. The highest BCUT2D eigenvalue weighted by atomic mass is 19.1. The molecule has 0 unspecified atom stereocenters. The van der Waals surface area contributed by atoms with Gasteiger partial charge in [0.1, 0.15) is 0 Å². The van der Waals surface area contributed by atoms with Crippen molar-refractivity contribution in [1.82, 2.24) is 15.2 Å². The van der Waals surface area contributed by atoms with Crippen LogP contribution in [-0.2, 0) is 6.54 Å². The van der Waals surface area contributed by atoms with Crippen molar-refractivity contribution in [3.05, 3.63) is 23.6 Å². The van der Waals surface area contributed by atoms with Crippen LogP contribution in [0.5, 0.6) is 0 Å². The van der Waals surface area contributed by atoms with Gasteiger partial charge in [0.25, 0.3) is 0 Å². The van der Waals surface area contributed by atoms with Crippen LogP contribution < -0.4 is 10.2 Å². The van der Waals surface area contributed by atoms with E-state index in [-0.39, 0.29) is 5.82 Å². The zero-order valence-electron chi connectivity index (χ0n) is 12.4. The predicted octanol–water partition coefficient (Wildman–Crippen LogP) is 1.76. The van der Waals surface area contributed by atoms with Gasteiger partial charge in [-0.3, -0.25) is 4.90 Å². The first-order valence-corrected chi connectivity index (χ1v) is 8.17.